The van der Waals surface area contributed by atoms with Gasteiger partial charge in [-0.2, -0.15) is 0 Å². The van der Waals surface area contributed by atoms with Crippen LogP contribution in [0.25, 0.3) is 89.1 Å². The van der Waals surface area contributed by atoms with Gasteiger partial charge in [0.2, 0.25) is 0 Å². The normalized spacial score (nSPS) is 11.4. The standard InChI is InChI=1S/C43H27N3O/c1-3-11-28(12-4-1)30-15-9-17-33(25-30)41-44-42(34-18-10-16-31(26-34)29-13-5-2-6-14-29)46-43(45-41)35-22-23-36-32(27-35)21-24-38-37-19-7-8-20-39(37)47-40(36)38/h1-27H. The van der Waals surface area contributed by atoms with Crippen molar-refractivity contribution in [3.05, 3.63) is 164 Å². The predicted molar refractivity (Wildman–Crippen MR) is 192 cm³/mol. The second-order valence-corrected chi connectivity index (χ2v) is 11.7. The van der Waals surface area contributed by atoms with Crippen LogP contribution in [-0.2, 0) is 0 Å². The van der Waals surface area contributed by atoms with Gasteiger partial charge < -0.3 is 4.42 Å². The summed E-state index contributed by atoms with van der Waals surface area (Å²) in [5, 5.41) is 4.36. The molecule has 0 saturated heterocycles. The lowest BCUT2D eigenvalue weighted by Gasteiger charge is -2.11. The highest BCUT2D eigenvalue weighted by Crippen LogP contribution is 2.36. The van der Waals surface area contributed by atoms with Crippen molar-refractivity contribution in [2.75, 3.05) is 0 Å². The Labute approximate surface area is 271 Å². The van der Waals surface area contributed by atoms with Crippen LogP contribution >= 0.6 is 0 Å². The van der Waals surface area contributed by atoms with Crippen LogP contribution in [0.5, 0.6) is 0 Å². The molecule has 2 heterocycles. The lowest BCUT2D eigenvalue weighted by Crippen LogP contribution is -2.00. The molecule has 2 aromatic heterocycles. The van der Waals surface area contributed by atoms with E-state index in [1.165, 1.54) is 0 Å². The second kappa shape index (κ2) is 11.2. The molecule has 9 rings (SSSR count). The Morgan fingerprint density at radius 1 is 0.319 bits per heavy atom. The zero-order valence-electron chi connectivity index (χ0n) is 25.3. The first-order valence-electron chi connectivity index (χ1n) is 15.7. The largest absolute Gasteiger partial charge is 0.455 e. The summed E-state index contributed by atoms with van der Waals surface area (Å²) in [4.78, 5) is 15.2. The molecule has 0 fully saturated rings. The minimum absolute atomic E-state index is 0.617. The molecule has 0 aliphatic carbocycles. The molecule has 220 valence electrons. The van der Waals surface area contributed by atoms with Gasteiger partial charge in [-0.15, -0.1) is 0 Å². The average molecular weight is 602 g/mol. The number of hydrogen-bond acceptors (Lipinski definition) is 4. The summed E-state index contributed by atoms with van der Waals surface area (Å²) < 4.78 is 6.32. The zero-order valence-corrected chi connectivity index (χ0v) is 25.3. The molecule has 4 nitrogen and oxygen atoms in total. The average Bonchev–Trinajstić information content (AvgIpc) is 3.54. The van der Waals surface area contributed by atoms with Gasteiger partial charge in [0.05, 0.1) is 0 Å². The molecule has 0 N–H and O–H groups in total. The Kier molecular flexibility index (Phi) is 6.43. The van der Waals surface area contributed by atoms with Crippen molar-refractivity contribution < 1.29 is 4.42 Å². The number of hydrogen-bond donors (Lipinski definition) is 0. The van der Waals surface area contributed by atoms with Gasteiger partial charge in [-0.1, -0.05) is 127 Å². The molecule has 0 spiro atoms. The lowest BCUT2D eigenvalue weighted by atomic mass is 10.0. The molecule has 7 aromatic carbocycles. The summed E-state index contributed by atoms with van der Waals surface area (Å²) in [5.41, 5.74) is 9.06. The molecular weight excluding hydrogens is 574 g/mol. The summed E-state index contributed by atoms with van der Waals surface area (Å²) in [6, 6.07) is 56.4. The maximum atomic E-state index is 6.32. The Morgan fingerprint density at radius 2 is 0.809 bits per heavy atom. The Balaban J connectivity index is 1.21. The first-order chi connectivity index (χ1) is 23.3. The highest BCUT2D eigenvalue weighted by atomic mass is 16.3. The van der Waals surface area contributed by atoms with Gasteiger partial charge in [0.15, 0.2) is 17.5 Å². The summed E-state index contributed by atoms with van der Waals surface area (Å²) >= 11 is 0. The van der Waals surface area contributed by atoms with Crippen LogP contribution < -0.4 is 0 Å². The van der Waals surface area contributed by atoms with E-state index in [1.54, 1.807) is 0 Å². The van der Waals surface area contributed by atoms with E-state index in [1.807, 2.05) is 30.3 Å². The van der Waals surface area contributed by atoms with Gasteiger partial charge in [-0.05, 0) is 64.0 Å². The fraction of sp³-hybridized carbons (Fsp3) is 0. The van der Waals surface area contributed by atoms with Crippen LogP contribution in [0.2, 0.25) is 0 Å². The maximum Gasteiger partial charge on any atom is 0.164 e. The Hall–Kier alpha value is -6.39. The van der Waals surface area contributed by atoms with Crippen LogP contribution in [0.1, 0.15) is 0 Å². The van der Waals surface area contributed by atoms with Gasteiger partial charge in [0.1, 0.15) is 11.2 Å². The van der Waals surface area contributed by atoms with Crippen molar-refractivity contribution in [3.8, 4) is 56.4 Å². The number of benzene rings is 7. The van der Waals surface area contributed by atoms with Crippen molar-refractivity contribution in [2.45, 2.75) is 0 Å². The van der Waals surface area contributed by atoms with Crippen LogP contribution in [0, 0.1) is 0 Å². The van der Waals surface area contributed by atoms with Crippen molar-refractivity contribution >= 4 is 32.7 Å². The van der Waals surface area contributed by atoms with Gasteiger partial charge in [0.25, 0.3) is 0 Å². The van der Waals surface area contributed by atoms with Gasteiger partial charge in [0, 0.05) is 32.8 Å². The number of aromatic nitrogens is 3. The van der Waals surface area contributed by atoms with E-state index in [-0.39, 0.29) is 0 Å². The zero-order chi connectivity index (χ0) is 31.2. The molecular formula is C43H27N3O. The Bertz CT molecular complexity index is 2470. The topological polar surface area (TPSA) is 51.8 Å². The second-order valence-electron chi connectivity index (χ2n) is 11.7. The first kappa shape index (κ1) is 27.0. The fourth-order valence-corrected chi connectivity index (χ4v) is 6.35. The summed E-state index contributed by atoms with van der Waals surface area (Å²) in [7, 11) is 0. The molecule has 9 aromatic rings. The molecule has 47 heavy (non-hydrogen) atoms. The van der Waals surface area contributed by atoms with E-state index in [2.05, 4.69) is 133 Å². The molecule has 0 aliphatic rings. The number of nitrogens with zero attached hydrogens (tertiary/aromatic N) is 3. The quantitative estimate of drug-likeness (QED) is 0.197. The molecule has 4 heteroatoms. The highest BCUT2D eigenvalue weighted by molar-refractivity contribution is 6.15. The van der Waals surface area contributed by atoms with Crippen LogP contribution in [0.4, 0.5) is 0 Å². The summed E-state index contributed by atoms with van der Waals surface area (Å²) in [6.07, 6.45) is 0. The third-order valence-corrected chi connectivity index (χ3v) is 8.71. The van der Waals surface area contributed by atoms with E-state index < -0.39 is 0 Å². The SMILES string of the molecule is c1ccc(-c2cccc(-c3nc(-c4cccc(-c5ccccc5)c4)nc(-c4ccc5c(ccc6c7ccccc7oc56)c4)n3)c2)cc1. The van der Waals surface area contributed by atoms with Gasteiger partial charge >= 0.3 is 0 Å². The smallest absolute Gasteiger partial charge is 0.164 e. The van der Waals surface area contributed by atoms with E-state index in [0.29, 0.717) is 17.5 Å². The fourth-order valence-electron chi connectivity index (χ4n) is 6.35. The van der Waals surface area contributed by atoms with Crippen LogP contribution in [-0.4, -0.2) is 15.0 Å². The molecule has 0 aliphatic heterocycles. The third kappa shape index (κ3) is 4.93. The van der Waals surface area contributed by atoms with Crippen LogP contribution in [0.3, 0.4) is 0 Å². The number of rotatable bonds is 5. The van der Waals surface area contributed by atoms with E-state index in [9.17, 15) is 0 Å². The van der Waals surface area contributed by atoms with E-state index >= 15 is 0 Å². The minimum Gasteiger partial charge on any atom is -0.455 e. The van der Waals surface area contributed by atoms with E-state index in [4.69, 9.17) is 19.4 Å². The molecule has 0 bridgehead atoms. The van der Waals surface area contributed by atoms with Crippen molar-refractivity contribution in [3.63, 3.8) is 0 Å². The number of fused-ring (bicyclic) bond motifs is 5. The molecule has 0 radical (unpaired) electrons. The summed E-state index contributed by atoms with van der Waals surface area (Å²) in [6.45, 7) is 0. The monoisotopic (exact) mass is 601 g/mol. The number of furan rings is 1. The van der Waals surface area contributed by atoms with E-state index in [0.717, 1.165) is 71.7 Å². The molecule has 0 amide bonds. The lowest BCUT2D eigenvalue weighted by molar-refractivity contribution is 0.672. The number of para-hydroxylation sites is 1. The Morgan fingerprint density at radius 3 is 1.43 bits per heavy atom. The first-order valence-corrected chi connectivity index (χ1v) is 15.7. The molecule has 0 saturated carbocycles. The van der Waals surface area contributed by atoms with Crippen LogP contribution in [0.15, 0.2) is 168 Å². The highest BCUT2D eigenvalue weighted by Gasteiger charge is 2.16. The van der Waals surface area contributed by atoms with Gasteiger partial charge in [-0.3, -0.25) is 0 Å². The molecule has 0 atom stereocenters. The maximum absolute atomic E-state index is 6.32. The minimum atomic E-state index is 0.617. The summed E-state index contributed by atoms with van der Waals surface area (Å²) in [5.74, 6) is 1.87. The predicted octanol–water partition coefficient (Wildman–Crippen LogP) is 11.3. The molecule has 0 unspecified atom stereocenters. The van der Waals surface area contributed by atoms with Crippen molar-refractivity contribution in [1.82, 2.24) is 15.0 Å². The van der Waals surface area contributed by atoms with Gasteiger partial charge in [-0.25, -0.2) is 15.0 Å². The van der Waals surface area contributed by atoms with Crippen molar-refractivity contribution in [2.24, 2.45) is 0 Å². The van der Waals surface area contributed by atoms with Crippen molar-refractivity contribution in [1.29, 1.82) is 0 Å². The third-order valence-electron chi connectivity index (χ3n) is 8.71.